The van der Waals surface area contributed by atoms with Gasteiger partial charge >= 0.3 is 0 Å². The molecule has 9 heteroatoms. The number of hydrogen-bond acceptors (Lipinski definition) is 3. The number of guanidine groups is 1. The first-order chi connectivity index (χ1) is 11.4. The molecular weight excluding hydrogens is 458 g/mol. The van der Waals surface area contributed by atoms with Gasteiger partial charge in [0.15, 0.2) is 5.96 Å². The Kier molecular flexibility index (Phi) is 8.91. The molecule has 0 saturated heterocycles. The molecule has 0 aliphatic heterocycles. The lowest BCUT2D eigenvalue weighted by atomic mass is 10.2. The van der Waals surface area contributed by atoms with Gasteiger partial charge in [-0.2, -0.15) is 0 Å². The van der Waals surface area contributed by atoms with Gasteiger partial charge in [-0.3, -0.25) is 9.71 Å². The minimum absolute atomic E-state index is 0. The standard InChI is InChI=1S/C16H25FN4O2S.HI/c1-12-7-8-14(11-15(12)17)21-24(22,23)10-9-19-16(18-2)20-13-5-3-4-6-13;/h7-8,11,13,21H,3-6,9-10H2,1-2H3,(H2,18,19,20);1H. The van der Waals surface area contributed by atoms with E-state index in [4.69, 9.17) is 0 Å². The summed E-state index contributed by atoms with van der Waals surface area (Å²) in [5.41, 5.74) is 0.702. The number of nitrogens with zero attached hydrogens (tertiary/aromatic N) is 1. The molecule has 0 heterocycles. The molecule has 2 rings (SSSR count). The van der Waals surface area contributed by atoms with Crippen LogP contribution in [0.1, 0.15) is 31.2 Å². The van der Waals surface area contributed by atoms with Gasteiger partial charge in [-0.1, -0.05) is 18.9 Å². The van der Waals surface area contributed by atoms with E-state index in [1.54, 1.807) is 26.1 Å². The number of anilines is 1. The molecule has 1 aliphatic rings. The Labute approximate surface area is 166 Å². The predicted molar refractivity (Wildman–Crippen MR) is 111 cm³/mol. The van der Waals surface area contributed by atoms with Crippen LogP contribution in [0.5, 0.6) is 0 Å². The Morgan fingerprint density at radius 1 is 1.32 bits per heavy atom. The number of benzene rings is 1. The van der Waals surface area contributed by atoms with Crippen molar-refractivity contribution in [2.75, 3.05) is 24.1 Å². The van der Waals surface area contributed by atoms with Gasteiger partial charge in [0.25, 0.3) is 0 Å². The highest BCUT2D eigenvalue weighted by molar-refractivity contribution is 14.0. The Hall–Kier alpha value is -1.10. The molecule has 1 fully saturated rings. The van der Waals surface area contributed by atoms with Crippen LogP contribution < -0.4 is 15.4 Å². The molecular formula is C16H26FIN4O2S. The highest BCUT2D eigenvalue weighted by Crippen LogP contribution is 2.17. The van der Waals surface area contributed by atoms with Gasteiger partial charge in [-0.05, 0) is 37.5 Å². The van der Waals surface area contributed by atoms with Crippen molar-refractivity contribution in [3.05, 3.63) is 29.6 Å². The van der Waals surface area contributed by atoms with Gasteiger partial charge in [0, 0.05) is 19.6 Å². The van der Waals surface area contributed by atoms with Crippen LogP contribution in [-0.4, -0.2) is 39.8 Å². The maximum absolute atomic E-state index is 13.5. The number of hydrogen-bond donors (Lipinski definition) is 3. The lowest BCUT2D eigenvalue weighted by Gasteiger charge is -2.17. The zero-order chi connectivity index (χ0) is 17.6. The average molecular weight is 484 g/mol. The van der Waals surface area contributed by atoms with E-state index in [1.165, 1.54) is 18.9 Å². The van der Waals surface area contributed by atoms with E-state index in [9.17, 15) is 12.8 Å². The van der Waals surface area contributed by atoms with Crippen LogP contribution in [0.25, 0.3) is 0 Å². The van der Waals surface area contributed by atoms with E-state index in [-0.39, 0.29) is 42.0 Å². The summed E-state index contributed by atoms with van der Waals surface area (Å²) in [5.74, 6) is 0.0430. The molecule has 0 radical (unpaired) electrons. The molecule has 6 nitrogen and oxygen atoms in total. The minimum Gasteiger partial charge on any atom is -0.355 e. The maximum Gasteiger partial charge on any atom is 0.234 e. The molecule has 0 amide bonds. The van der Waals surface area contributed by atoms with Gasteiger partial charge in [0.2, 0.25) is 10.0 Å². The Balaban J connectivity index is 0.00000312. The summed E-state index contributed by atoms with van der Waals surface area (Å²) < 4.78 is 40.0. The predicted octanol–water partition coefficient (Wildman–Crippen LogP) is 2.60. The third-order valence-corrected chi connectivity index (χ3v) is 5.32. The van der Waals surface area contributed by atoms with Crippen LogP contribution in [0.3, 0.4) is 0 Å². The van der Waals surface area contributed by atoms with Crippen LogP contribution >= 0.6 is 24.0 Å². The fourth-order valence-electron chi connectivity index (χ4n) is 2.65. The summed E-state index contributed by atoms with van der Waals surface area (Å²) in [5, 5.41) is 6.29. The molecule has 0 bridgehead atoms. The number of aryl methyl sites for hydroxylation is 1. The van der Waals surface area contributed by atoms with E-state index in [0.717, 1.165) is 12.8 Å². The van der Waals surface area contributed by atoms with Crippen molar-refractivity contribution in [2.24, 2.45) is 4.99 Å². The number of nitrogens with one attached hydrogen (secondary N) is 3. The van der Waals surface area contributed by atoms with Crippen LogP contribution in [0.15, 0.2) is 23.2 Å². The molecule has 3 N–H and O–H groups in total. The fourth-order valence-corrected chi connectivity index (χ4v) is 3.61. The normalized spacial score (nSPS) is 15.6. The lowest BCUT2D eigenvalue weighted by molar-refractivity contribution is 0.597. The molecule has 1 aromatic rings. The van der Waals surface area contributed by atoms with Crippen molar-refractivity contribution in [3.63, 3.8) is 0 Å². The minimum atomic E-state index is -3.56. The lowest BCUT2D eigenvalue weighted by Crippen LogP contribution is -2.44. The van der Waals surface area contributed by atoms with E-state index >= 15 is 0 Å². The van der Waals surface area contributed by atoms with Crippen LogP contribution in [-0.2, 0) is 10.0 Å². The van der Waals surface area contributed by atoms with Gasteiger partial charge in [-0.25, -0.2) is 12.8 Å². The molecule has 1 aliphatic carbocycles. The Bertz CT molecular complexity index is 691. The maximum atomic E-state index is 13.5. The summed E-state index contributed by atoms with van der Waals surface area (Å²) in [7, 11) is -1.90. The summed E-state index contributed by atoms with van der Waals surface area (Å²) in [6.45, 7) is 1.84. The summed E-state index contributed by atoms with van der Waals surface area (Å²) in [4.78, 5) is 4.11. The first kappa shape index (κ1) is 21.9. The average Bonchev–Trinajstić information content (AvgIpc) is 3.02. The largest absolute Gasteiger partial charge is 0.355 e. The molecule has 0 spiro atoms. The van der Waals surface area contributed by atoms with Crippen molar-refractivity contribution < 1.29 is 12.8 Å². The van der Waals surface area contributed by atoms with E-state index < -0.39 is 15.8 Å². The zero-order valence-corrected chi connectivity index (χ0v) is 17.7. The summed E-state index contributed by atoms with van der Waals surface area (Å²) >= 11 is 0. The monoisotopic (exact) mass is 484 g/mol. The van der Waals surface area contributed by atoms with Crippen LogP contribution in [0.2, 0.25) is 0 Å². The van der Waals surface area contributed by atoms with E-state index in [1.807, 2.05) is 0 Å². The number of sulfonamides is 1. The topological polar surface area (TPSA) is 82.6 Å². The number of halogens is 2. The second-order valence-corrected chi connectivity index (χ2v) is 7.85. The zero-order valence-electron chi connectivity index (χ0n) is 14.5. The molecule has 0 aromatic heterocycles. The van der Waals surface area contributed by atoms with Crippen LogP contribution in [0.4, 0.5) is 10.1 Å². The highest BCUT2D eigenvalue weighted by Gasteiger charge is 2.16. The molecule has 1 saturated carbocycles. The molecule has 0 unspecified atom stereocenters. The van der Waals surface area contributed by atoms with Crippen LogP contribution in [0, 0.1) is 12.7 Å². The number of rotatable bonds is 6. The second-order valence-electron chi connectivity index (χ2n) is 6.01. The molecule has 1 aromatic carbocycles. The van der Waals surface area contributed by atoms with Crippen molar-refractivity contribution >= 4 is 45.6 Å². The first-order valence-electron chi connectivity index (χ1n) is 8.13. The third-order valence-electron chi connectivity index (χ3n) is 4.03. The van der Waals surface area contributed by atoms with E-state index in [0.29, 0.717) is 17.6 Å². The second kappa shape index (κ2) is 10.1. The molecule has 25 heavy (non-hydrogen) atoms. The van der Waals surface area contributed by atoms with Gasteiger partial charge in [0.05, 0.1) is 11.4 Å². The van der Waals surface area contributed by atoms with Gasteiger partial charge in [0.1, 0.15) is 5.82 Å². The Morgan fingerprint density at radius 2 is 2.00 bits per heavy atom. The number of aliphatic imine (C=N–C) groups is 1. The van der Waals surface area contributed by atoms with Gasteiger partial charge in [-0.15, -0.1) is 24.0 Å². The fraction of sp³-hybridized carbons (Fsp3) is 0.562. The Morgan fingerprint density at radius 3 is 2.60 bits per heavy atom. The quantitative estimate of drug-likeness (QED) is 0.330. The van der Waals surface area contributed by atoms with Crippen molar-refractivity contribution in [2.45, 2.75) is 38.6 Å². The van der Waals surface area contributed by atoms with Crippen molar-refractivity contribution in [1.82, 2.24) is 10.6 Å². The SMILES string of the molecule is CN=C(NCCS(=O)(=O)Nc1ccc(C)c(F)c1)NC1CCCC1.I. The van der Waals surface area contributed by atoms with Crippen molar-refractivity contribution in [1.29, 1.82) is 0 Å². The first-order valence-corrected chi connectivity index (χ1v) is 9.78. The molecule has 142 valence electrons. The summed E-state index contributed by atoms with van der Waals surface area (Å²) in [6, 6.07) is 4.67. The molecule has 0 atom stereocenters. The van der Waals surface area contributed by atoms with Gasteiger partial charge < -0.3 is 10.6 Å². The van der Waals surface area contributed by atoms with Crippen molar-refractivity contribution in [3.8, 4) is 0 Å². The summed E-state index contributed by atoms with van der Waals surface area (Å²) in [6.07, 6.45) is 4.64. The van der Waals surface area contributed by atoms with E-state index in [2.05, 4.69) is 20.3 Å². The highest BCUT2D eigenvalue weighted by atomic mass is 127. The smallest absolute Gasteiger partial charge is 0.234 e. The third kappa shape index (κ3) is 7.35.